The number of ether oxygens (including phenoxy) is 2. The Morgan fingerprint density at radius 2 is 2.31 bits per heavy atom. The van der Waals surface area contributed by atoms with E-state index in [-0.39, 0.29) is 5.41 Å². The lowest BCUT2D eigenvalue weighted by Crippen LogP contribution is -2.36. The Morgan fingerprint density at radius 1 is 1.44 bits per heavy atom. The Kier molecular flexibility index (Phi) is 3.46. The molecule has 1 aromatic carbocycles. The molecule has 1 aliphatic heterocycles. The molecule has 0 saturated carbocycles. The van der Waals surface area contributed by atoms with E-state index in [0.29, 0.717) is 0 Å². The van der Waals surface area contributed by atoms with Gasteiger partial charge in [0.05, 0.1) is 20.3 Å². The maximum Gasteiger partial charge on any atom is 0.119 e. The van der Waals surface area contributed by atoms with E-state index in [1.807, 2.05) is 12.1 Å². The third-order valence-electron chi connectivity index (χ3n) is 3.13. The summed E-state index contributed by atoms with van der Waals surface area (Å²) in [4.78, 5) is 0. The van der Waals surface area contributed by atoms with Crippen LogP contribution in [0.5, 0.6) is 5.75 Å². The number of methoxy groups -OCH3 is 1. The number of nitrogens with one attached hydrogen (secondary N) is 1. The predicted molar refractivity (Wildman–Crippen MR) is 64.0 cm³/mol. The molecule has 1 unspecified atom stereocenters. The summed E-state index contributed by atoms with van der Waals surface area (Å²) < 4.78 is 10.9. The Morgan fingerprint density at radius 3 is 3.12 bits per heavy atom. The fraction of sp³-hybridized carbons (Fsp3) is 0.538. The van der Waals surface area contributed by atoms with Crippen molar-refractivity contribution in [2.75, 3.05) is 33.4 Å². The van der Waals surface area contributed by atoms with E-state index < -0.39 is 0 Å². The van der Waals surface area contributed by atoms with Crippen LogP contribution in [0.25, 0.3) is 0 Å². The molecule has 1 N–H and O–H groups in total. The van der Waals surface area contributed by atoms with Gasteiger partial charge in [-0.15, -0.1) is 0 Å². The van der Waals surface area contributed by atoms with Gasteiger partial charge in [-0.2, -0.15) is 0 Å². The first-order valence-electron chi connectivity index (χ1n) is 5.68. The van der Waals surface area contributed by atoms with Crippen LogP contribution in [0, 0.1) is 0 Å². The molecular formula is C13H19NO2. The molecule has 0 spiro atoms. The molecule has 1 aliphatic rings. The smallest absolute Gasteiger partial charge is 0.119 e. The fourth-order valence-corrected chi connectivity index (χ4v) is 2.04. The molecule has 0 aromatic heterocycles. The van der Waals surface area contributed by atoms with Gasteiger partial charge in [-0.25, -0.2) is 0 Å². The zero-order valence-corrected chi connectivity index (χ0v) is 9.95. The van der Waals surface area contributed by atoms with Gasteiger partial charge in [0, 0.05) is 18.5 Å². The lowest BCUT2D eigenvalue weighted by Gasteiger charge is -2.28. The number of rotatable bonds is 2. The highest BCUT2D eigenvalue weighted by Gasteiger charge is 2.28. The van der Waals surface area contributed by atoms with Gasteiger partial charge in [0.15, 0.2) is 0 Å². The van der Waals surface area contributed by atoms with E-state index in [1.165, 1.54) is 5.56 Å². The molecule has 1 aromatic rings. The zero-order valence-electron chi connectivity index (χ0n) is 9.95. The summed E-state index contributed by atoms with van der Waals surface area (Å²) in [7, 11) is 1.70. The Labute approximate surface area is 96.8 Å². The van der Waals surface area contributed by atoms with Crippen molar-refractivity contribution in [1.29, 1.82) is 0 Å². The molecule has 0 amide bonds. The molecule has 1 heterocycles. The Balaban J connectivity index is 2.25. The SMILES string of the molecule is COc1cccc(C2(C)CNCCOC2)c1. The maximum absolute atomic E-state index is 5.63. The van der Waals surface area contributed by atoms with Gasteiger partial charge >= 0.3 is 0 Å². The van der Waals surface area contributed by atoms with Crippen molar-refractivity contribution in [2.24, 2.45) is 0 Å². The van der Waals surface area contributed by atoms with Gasteiger partial charge in [-0.05, 0) is 17.7 Å². The van der Waals surface area contributed by atoms with Crippen LogP contribution in [0.1, 0.15) is 12.5 Å². The number of benzene rings is 1. The summed E-state index contributed by atoms with van der Waals surface area (Å²) in [5.74, 6) is 0.906. The minimum absolute atomic E-state index is 0.0328. The molecule has 1 atom stereocenters. The number of hydrogen-bond donors (Lipinski definition) is 1. The van der Waals surface area contributed by atoms with Crippen LogP contribution in [0.4, 0.5) is 0 Å². The monoisotopic (exact) mass is 221 g/mol. The average Bonchev–Trinajstić information content (AvgIpc) is 2.55. The van der Waals surface area contributed by atoms with Gasteiger partial charge in [-0.1, -0.05) is 19.1 Å². The van der Waals surface area contributed by atoms with Crippen LogP contribution in [0.2, 0.25) is 0 Å². The van der Waals surface area contributed by atoms with Gasteiger partial charge in [0.2, 0.25) is 0 Å². The van der Waals surface area contributed by atoms with E-state index in [9.17, 15) is 0 Å². The highest BCUT2D eigenvalue weighted by molar-refractivity contribution is 5.34. The molecule has 88 valence electrons. The topological polar surface area (TPSA) is 30.5 Å². The normalized spacial score (nSPS) is 26.1. The number of hydrogen-bond acceptors (Lipinski definition) is 3. The summed E-state index contributed by atoms with van der Waals surface area (Å²) in [5, 5.41) is 3.41. The standard InChI is InChI=1S/C13H19NO2/c1-13(9-14-6-7-16-10-13)11-4-3-5-12(8-11)15-2/h3-5,8,14H,6-7,9-10H2,1-2H3. The van der Waals surface area contributed by atoms with Crippen molar-refractivity contribution in [3.8, 4) is 5.75 Å². The molecule has 1 saturated heterocycles. The van der Waals surface area contributed by atoms with Crippen LogP contribution in [-0.2, 0) is 10.2 Å². The molecular weight excluding hydrogens is 202 g/mol. The van der Waals surface area contributed by atoms with Crippen molar-refractivity contribution in [1.82, 2.24) is 5.32 Å². The van der Waals surface area contributed by atoms with Crippen molar-refractivity contribution in [3.63, 3.8) is 0 Å². The van der Waals surface area contributed by atoms with E-state index >= 15 is 0 Å². The van der Waals surface area contributed by atoms with Crippen LogP contribution in [0.3, 0.4) is 0 Å². The summed E-state index contributed by atoms with van der Waals surface area (Å²) in [6.45, 7) is 5.65. The second kappa shape index (κ2) is 4.85. The van der Waals surface area contributed by atoms with Crippen molar-refractivity contribution < 1.29 is 9.47 Å². The van der Waals surface area contributed by atoms with Crippen LogP contribution in [-0.4, -0.2) is 33.4 Å². The summed E-state index contributed by atoms with van der Waals surface area (Å²) in [5.41, 5.74) is 1.30. The Bertz CT molecular complexity index is 344. The van der Waals surface area contributed by atoms with E-state index in [2.05, 4.69) is 24.4 Å². The molecule has 0 aliphatic carbocycles. The highest BCUT2D eigenvalue weighted by Crippen LogP contribution is 2.27. The second-order valence-electron chi connectivity index (χ2n) is 4.52. The molecule has 2 rings (SSSR count). The molecule has 0 radical (unpaired) electrons. The van der Waals surface area contributed by atoms with Crippen LogP contribution >= 0.6 is 0 Å². The first-order chi connectivity index (χ1) is 7.74. The highest BCUT2D eigenvalue weighted by atomic mass is 16.5. The first kappa shape index (κ1) is 11.4. The predicted octanol–water partition coefficient (Wildman–Crippen LogP) is 1.57. The van der Waals surface area contributed by atoms with Crippen LogP contribution in [0.15, 0.2) is 24.3 Å². The Hall–Kier alpha value is -1.06. The second-order valence-corrected chi connectivity index (χ2v) is 4.52. The quantitative estimate of drug-likeness (QED) is 0.822. The van der Waals surface area contributed by atoms with Crippen LogP contribution < -0.4 is 10.1 Å². The molecule has 3 heteroatoms. The summed E-state index contributed by atoms with van der Waals surface area (Å²) in [6.07, 6.45) is 0. The first-order valence-corrected chi connectivity index (χ1v) is 5.68. The maximum atomic E-state index is 5.63. The zero-order chi connectivity index (χ0) is 11.4. The fourth-order valence-electron chi connectivity index (χ4n) is 2.04. The molecule has 16 heavy (non-hydrogen) atoms. The largest absolute Gasteiger partial charge is 0.497 e. The van der Waals surface area contributed by atoms with Crippen molar-refractivity contribution in [3.05, 3.63) is 29.8 Å². The summed E-state index contributed by atoms with van der Waals surface area (Å²) in [6, 6.07) is 8.23. The van der Waals surface area contributed by atoms with E-state index in [1.54, 1.807) is 7.11 Å². The third-order valence-corrected chi connectivity index (χ3v) is 3.13. The average molecular weight is 221 g/mol. The third kappa shape index (κ3) is 2.36. The molecule has 0 bridgehead atoms. The lowest BCUT2D eigenvalue weighted by atomic mass is 9.83. The van der Waals surface area contributed by atoms with E-state index in [0.717, 1.165) is 32.1 Å². The van der Waals surface area contributed by atoms with Crippen molar-refractivity contribution in [2.45, 2.75) is 12.3 Å². The molecule has 1 fully saturated rings. The molecule has 3 nitrogen and oxygen atoms in total. The minimum atomic E-state index is 0.0328. The van der Waals surface area contributed by atoms with Gasteiger partial charge in [-0.3, -0.25) is 0 Å². The van der Waals surface area contributed by atoms with Gasteiger partial charge in [0.25, 0.3) is 0 Å². The minimum Gasteiger partial charge on any atom is -0.497 e. The summed E-state index contributed by atoms with van der Waals surface area (Å²) >= 11 is 0. The lowest BCUT2D eigenvalue weighted by molar-refractivity contribution is 0.113. The van der Waals surface area contributed by atoms with Crippen molar-refractivity contribution >= 4 is 0 Å². The van der Waals surface area contributed by atoms with Gasteiger partial charge in [0.1, 0.15) is 5.75 Å². The van der Waals surface area contributed by atoms with E-state index in [4.69, 9.17) is 9.47 Å². The van der Waals surface area contributed by atoms with Gasteiger partial charge < -0.3 is 14.8 Å².